The van der Waals surface area contributed by atoms with Gasteiger partial charge in [0.1, 0.15) is 5.75 Å². The van der Waals surface area contributed by atoms with E-state index in [0.717, 1.165) is 5.56 Å². The van der Waals surface area contributed by atoms with Crippen molar-refractivity contribution in [2.45, 2.75) is 25.7 Å². The molecule has 132 valence electrons. The fourth-order valence-electron chi connectivity index (χ4n) is 2.77. The average Bonchev–Trinajstić information content (AvgIpc) is 2.71. The van der Waals surface area contributed by atoms with E-state index in [4.69, 9.17) is 4.74 Å². The summed E-state index contributed by atoms with van der Waals surface area (Å²) in [7, 11) is -3.65. The Labute approximate surface area is 147 Å². The van der Waals surface area contributed by atoms with Gasteiger partial charge in [0, 0.05) is 13.1 Å². The van der Waals surface area contributed by atoms with E-state index in [9.17, 15) is 13.2 Å². The molecule has 0 unspecified atom stereocenters. The van der Waals surface area contributed by atoms with Crippen LogP contribution in [0.1, 0.15) is 29.8 Å². The van der Waals surface area contributed by atoms with Gasteiger partial charge in [-0.3, -0.25) is 4.79 Å². The van der Waals surface area contributed by atoms with Crippen LogP contribution in [0.2, 0.25) is 0 Å². The van der Waals surface area contributed by atoms with Crippen molar-refractivity contribution in [3.8, 4) is 11.5 Å². The Morgan fingerprint density at radius 1 is 1.04 bits per heavy atom. The Bertz CT molecular complexity index is 934. The molecule has 2 aromatic rings. The fraction of sp³-hybridized carbons (Fsp3) is 0.278. The number of aryl methyl sites for hydroxylation is 1. The zero-order valence-corrected chi connectivity index (χ0v) is 15.2. The van der Waals surface area contributed by atoms with Crippen molar-refractivity contribution in [1.29, 1.82) is 0 Å². The molecule has 0 atom stereocenters. The van der Waals surface area contributed by atoms with E-state index in [0.29, 0.717) is 30.3 Å². The highest BCUT2D eigenvalue weighted by atomic mass is 32.2. The largest absolute Gasteiger partial charge is 0.454 e. The highest BCUT2D eigenvalue weighted by Crippen LogP contribution is 2.37. The summed E-state index contributed by atoms with van der Waals surface area (Å²) >= 11 is 0. The predicted octanol–water partition coefficient (Wildman–Crippen LogP) is 3.38. The van der Waals surface area contributed by atoms with E-state index in [1.54, 1.807) is 19.9 Å². The molecule has 7 heteroatoms. The van der Waals surface area contributed by atoms with Crippen LogP contribution >= 0.6 is 0 Å². The van der Waals surface area contributed by atoms with E-state index in [2.05, 4.69) is 5.32 Å². The Morgan fingerprint density at radius 2 is 1.76 bits per heavy atom. The molecule has 1 amide bonds. The summed E-state index contributed by atoms with van der Waals surface area (Å²) in [6, 6.07) is 9.84. The number of hydrogen-bond acceptors (Lipinski definition) is 4. The van der Waals surface area contributed by atoms with Gasteiger partial charge in [-0.25, -0.2) is 8.42 Å². The number of nitrogens with one attached hydrogen (secondary N) is 1. The maximum atomic E-state index is 12.7. The van der Waals surface area contributed by atoms with Crippen LogP contribution in [0.15, 0.2) is 41.3 Å². The first-order valence-corrected chi connectivity index (χ1v) is 9.55. The number of ether oxygens (including phenoxy) is 1. The number of amides is 1. The summed E-state index contributed by atoms with van der Waals surface area (Å²) < 4.78 is 32.6. The summed E-state index contributed by atoms with van der Waals surface area (Å²) in [5.74, 6) is 0.473. The van der Waals surface area contributed by atoms with Crippen LogP contribution < -0.4 is 10.1 Å². The summed E-state index contributed by atoms with van der Waals surface area (Å²) in [6.45, 7) is 6.21. The zero-order chi connectivity index (χ0) is 18.2. The quantitative estimate of drug-likeness (QED) is 0.907. The second-order valence-electron chi connectivity index (χ2n) is 5.80. The molecule has 2 aromatic carbocycles. The first-order valence-electron chi connectivity index (χ1n) is 8.11. The van der Waals surface area contributed by atoms with Gasteiger partial charge >= 0.3 is 0 Å². The lowest BCUT2D eigenvalue weighted by atomic mass is 10.2. The normalized spacial score (nSPS) is 13.5. The third kappa shape index (κ3) is 3.12. The number of sulfonamides is 1. The average molecular weight is 360 g/mol. The number of carbonyl (C=O) groups is 1. The summed E-state index contributed by atoms with van der Waals surface area (Å²) in [5.41, 5.74) is 1.75. The lowest BCUT2D eigenvalue weighted by molar-refractivity contribution is 0.102. The second-order valence-corrected chi connectivity index (χ2v) is 7.74. The summed E-state index contributed by atoms with van der Waals surface area (Å²) in [6.07, 6.45) is 0. The van der Waals surface area contributed by atoms with Crippen LogP contribution in [0, 0.1) is 6.92 Å². The van der Waals surface area contributed by atoms with Crippen molar-refractivity contribution < 1.29 is 17.9 Å². The maximum Gasteiger partial charge on any atom is 0.259 e. The first kappa shape index (κ1) is 17.4. The van der Waals surface area contributed by atoms with Crippen molar-refractivity contribution >= 4 is 21.6 Å². The van der Waals surface area contributed by atoms with Crippen molar-refractivity contribution in [3.05, 3.63) is 47.5 Å². The highest BCUT2D eigenvalue weighted by molar-refractivity contribution is 7.89. The predicted molar refractivity (Wildman–Crippen MR) is 95.8 cm³/mol. The van der Waals surface area contributed by atoms with E-state index < -0.39 is 15.9 Å². The van der Waals surface area contributed by atoms with E-state index in [1.807, 2.05) is 19.1 Å². The number of anilines is 1. The van der Waals surface area contributed by atoms with Crippen molar-refractivity contribution in [3.63, 3.8) is 0 Å². The van der Waals surface area contributed by atoms with Gasteiger partial charge in [-0.1, -0.05) is 19.9 Å². The van der Waals surface area contributed by atoms with Gasteiger partial charge in [0.15, 0.2) is 5.75 Å². The molecule has 1 N–H and O–H groups in total. The molecule has 6 nitrogen and oxygen atoms in total. The zero-order valence-electron chi connectivity index (χ0n) is 14.4. The Kier molecular flexibility index (Phi) is 4.53. The minimum absolute atomic E-state index is 0.0795. The smallest absolute Gasteiger partial charge is 0.259 e. The Hall–Kier alpha value is -2.38. The van der Waals surface area contributed by atoms with E-state index in [1.165, 1.54) is 22.5 Å². The number of fused-ring (bicyclic) bond motifs is 2. The van der Waals surface area contributed by atoms with Gasteiger partial charge in [-0.15, -0.1) is 0 Å². The van der Waals surface area contributed by atoms with Crippen LogP contribution in [0.25, 0.3) is 0 Å². The van der Waals surface area contributed by atoms with Gasteiger partial charge in [0.05, 0.1) is 16.1 Å². The van der Waals surface area contributed by atoms with Crippen LogP contribution in [-0.4, -0.2) is 31.7 Å². The van der Waals surface area contributed by atoms with Crippen molar-refractivity contribution in [2.75, 3.05) is 18.4 Å². The molecule has 0 radical (unpaired) electrons. The van der Waals surface area contributed by atoms with Gasteiger partial charge < -0.3 is 10.1 Å². The molecule has 25 heavy (non-hydrogen) atoms. The van der Waals surface area contributed by atoms with Gasteiger partial charge in [0.2, 0.25) is 10.0 Å². The molecular formula is C18H20N2O4S. The number of carbonyl (C=O) groups excluding carboxylic acids is 1. The molecule has 0 bridgehead atoms. The number of hydrogen-bond donors (Lipinski definition) is 1. The van der Waals surface area contributed by atoms with Crippen LogP contribution in [-0.2, 0) is 10.0 Å². The van der Waals surface area contributed by atoms with Crippen LogP contribution in [0.5, 0.6) is 11.5 Å². The maximum absolute atomic E-state index is 12.7. The molecular weight excluding hydrogens is 340 g/mol. The SMILES string of the molecule is CCN(CC)S(=O)(=O)c1ccc2c(c1)C(=O)Nc1ccc(C)cc1O2. The number of rotatable bonds is 4. The van der Waals surface area contributed by atoms with Gasteiger partial charge in [-0.05, 0) is 42.8 Å². The summed E-state index contributed by atoms with van der Waals surface area (Å²) in [5, 5.41) is 2.77. The lowest BCUT2D eigenvalue weighted by Crippen LogP contribution is -2.30. The van der Waals surface area contributed by atoms with Crippen LogP contribution in [0.4, 0.5) is 5.69 Å². The molecule has 1 heterocycles. The molecule has 0 saturated heterocycles. The molecule has 1 aliphatic rings. The van der Waals surface area contributed by atoms with E-state index in [-0.39, 0.29) is 10.5 Å². The molecule has 1 aliphatic heterocycles. The topological polar surface area (TPSA) is 75.7 Å². The minimum Gasteiger partial charge on any atom is -0.454 e. The molecule has 0 spiro atoms. The standard InChI is InChI=1S/C18H20N2O4S/c1-4-20(5-2)25(22,23)13-7-9-16-14(11-13)18(21)19-15-8-6-12(3)10-17(15)24-16/h6-11H,4-5H2,1-3H3,(H,19,21). The Balaban J connectivity index is 2.07. The molecule has 3 rings (SSSR count). The van der Waals surface area contributed by atoms with Crippen molar-refractivity contribution in [2.24, 2.45) is 0 Å². The third-order valence-corrected chi connectivity index (χ3v) is 6.19. The molecule has 0 fully saturated rings. The number of nitrogens with zero attached hydrogens (tertiary/aromatic N) is 1. The molecule has 0 aliphatic carbocycles. The molecule has 0 saturated carbocycles. The second kappa shape index (κ2) is 6.50. The highest BCUT2D eigenvalue weighted by Gasteiger charge is 2.26. The van der Waals surface area contributed by atoms with Crippen molar-refractivity contribution in [1.82, 2.24) is 4.31 Å². The monoisotopic (exact) mass is 360 g/mol. The first-order chi connectivity index (χ1) is 11.9. The molecule has 0 aromatic heterocycles. The Morgan fingerprint density at radius 3 is 2.44 bits per heavy atom. The third-order valence-electron chi connectivity index (χ3n) is 4.14. The van der Waals surface area contributed by atoms with Crippen LogP contribution in [0.3, 0.4) is 0 Å². The minimum atomic E-state index is -3.65. The summed E-state index contributed by atoms with van der Waals surface area (Å²) in [4.78, 5) is 12.6. The lowest BCUT2D eigenvalue weighted by Gasteiger charge is -2.19. The van der Waals surface area contributed by atoms with E-state index >= 15 is 0 Å². The number of benzene rings is 2. The van der Waals surface area contributed by atoms with Gasteiger partial charge in [0.25, 0.3) is 5.91 Å². The fourth-order valence-corrected chi connectivity index (χ4v) is 4.26. The van der Waals surface area contributed by atoms with Gasteiger partial charge in [-0.2, -0.15) is 4.31 Å².